The van der Waals surface area contributed by atoms with Crippen molar-refractivity contribution in [1.29, 1.82) is 0 Å². The number of aromatic nitrogens is 1. The molecule has 1 aromatic carbocycles. The number of halogens is 1. The van der Waals surface area contributed by atoms with Crippen molar-refractivity contribution in [3.63, 3.8) is 0 Å². The van der Waals surface area contributed by atoms with Crippen LogP contribution in [0.2, 0.25) is 0 Å². The Labute approximate surface area is 149 Å². The predicted molar refractivity (Wildman–Crippen MR) is 95.4 cm³/mol. The number of anilines is 1. The second-order valence-corrected chi connectivity index (χ2v) is 7.02. The summed E-state index contributed by atoms with van der Waals surface area (Å²) in [4.78, 5) is 13.9. The van der Waals surface area contributed by atoms with Gasteiger partial charge in [-0.1, -0.05) is 30.8 Å². The minimum Gasteiger partial charge on any atom is -0.477 e. The van der Waals surface area contributed by atoms with Crippen LogP contribution in [0.25, 0.3) is 0 Å². The number of thioether (sulfide) groups is 1. The highest BCUT2D eigenvalue weighted by molar-refractivity contribution is 8.03. The number of carboxylic acids is 1. The van der Waals surface area contributed by atoms with Gasteiger partial charge in [0.05, 0.1) is 6.20 Å². The summed E-state index contributed by atoms with van der Waals surface area (Å²) in [5.74, 6) is -1.40. The summed E-state index contributed by atoms with van der Waals surface area (Å²) in [6.07, 6.45) is 3.03. The van der Waals surface area contributed by atoms with Crippen LogP contribution in [0.3, 0.4) is 0 Å². The van der Waals surface area contributed by atoms with Crippen molar-refractivity contribution in [1.82, 2.24) is 5.16 Å². The fourth-order valence-electron chi connectivity index (χ4n) is 2.23. The molecule has 0 fully saturated rings. The van der Waals surface area contributed by atoms with Gasteiger partial charge in [-0.3, -0.25) is 0 Å². The van der Waals surface area contributed by atoms with Crippen LogP contribution in [0.15, 0.2) is 51.9 Å². The minimum atomic E-state index is -1.02. The molecule has 0 bridgehead atoms. The second-order valence-electron chi connectivity index (χ2n) is 5.73. The van der Waals surface area contributed by atoms with Crippen molar-refractivity contribution in [3.8, 4) is 0 Å². The van der Waals surface area contributed by atoms with Crippen molar-refractivity contribution < 1.29 is 18.8 Å². The van der Waals surface area contributed by atoms with E-state index in [-0.39, 0.29) is 16.9 Å². The molecule has 2 aromatic rings. The monoisotopic (exact) mass is 365 g/mol. The van der Waals surface area contributed by atoms with E-state index in [4.69, 9.17) is 10.3 Å². The molecular formula is C17H20FN3O3S. The van der Waals surface area contributed by atoms with Gasteiger partial charge in [0.15, 0.2) is 0 Å². The molecule has 0 radical (unpaired) electrons. The highest BCUT2D eigenvalue weighted by atomic mass is 32.2. The van der Waals surface area contributed by atoms with E-state index in [0.29, 0.717) is 16.6 Å². The zero-order chi connectivity index (χ0) is 18.6. The first-order valence-electron chi connectivity index (χ1n) is 7.61. The summed E-state index contributed by atoms with van der Waals surface area (Å²) in [5, 5.41) is 12.8. The molecule has 6 nitrogen and oxygen atoms in total. The van der Waals surface area contributed by atoms with E-state index in [0.717, 1.165) is 5.56 Å². The summed E-state index contributed by atoms with van der Waals surface area (Å²) in [6, 6.07) is 6.05. The van der Waals surface area contributed by atoms with E-state index in [2.05, 4.69) is 5.16 Å². The van der Waals surface area contributed by atoms with Crippen LogP contribution < -0.4 is 10.6 Å². The summed E-state index contributed by atoms with van der Waals surface area (Å²) >= 11 is 1.40. The Morgan fingerprint density at radius 3 is 2.48 bits per heavy atom. The smallest absolute Gasteiger partial charge is 0.353 e. The predicted octanol–water partition coefficient (Wildman–Crippen LogP) is 3.74. The average Bonchev–Trinajstić information content (AvgIpc) is 3.14. The number of rotatable bonds is 3. The average molecular weight is 365 g/mol. The van der Waals surface area contributed by atoms with E-state index in [1.165, 1.54) is 30.2 Å². The molecule has 3 N–H and O–H groups in total. The molecule has 1 unspecified atom stereocenters. The number of benzene rings is 1. The van der Waals surface area contributed by atoms with Gasteiger partial charge in [0.1, 0.15) is 23.2 Å². The standard InChI is InChI=1S/C14H11FN2O3S.C3H9N/c1-8-12(14(18)19)17(11-4-2-10(15)3-5-11)13(21-8)9-6-16-20-7-9;1-3(2)4/h2-7,13H,1H3,(H,18,19);3H,4H2,1-2H3. The van der Waals surface area contributed by atoms with Crippen molar-refractivity contribution in [2.24, 2.45) is 5.73 Å². The van der Waals surface area contributed by atoms with E-state index >= 15 is 0 Å². The third-order valence-corrected chi connectivity index (χ3v) is 4.39. The molecule has 0 amide bonds. The fourth-order valence-corrected chi connectivity index (χ4v) is 3.45. The molecule has 2 heterocycles. The summed E-state index contributed by atoms with van der Waals surface area (Å²) in [5.41, 5.74) is 6.64. The lowest BCUT2D eigenvalue weighted by Gasteiger charge is -2.26. The summed E-state index contributed by atoms with van der Waals surface area (Å²) in [7, 11) is 0. The van der Waals surface area contributed by atoms with Crippen LogP contribution in [-0.4, -0.2) is 22.3 Å². The van der Waals surface area contributed by atoms with Gasteiger partial charge in [-0.25, -0.2) is 9.18 Å². The highest BCUT2D eigenvalue weighted by Gasteiger charge is 2.37. The Kier molecular flexibility index (Phi) is 6.22. The highest BCUT2D eigenvalue weighted by Crippen LogP contribution is 2.49. The molecule has 1 atom stereocenters. The lowest BCUT2D eigenvalue weighted by atomic mass is 10.2. The molecule has 134 valence electrons. The summed E-state index contributed by atoms with van der Waals surface area (Å²) in [6.45, 7) is 5.64. The van der Waals surface area contributed by atoms with Crippen LogP contribution in [0.4, 0.5) is 10.1 Å². The zero-order valence-corrected chi connectivity index (χ0v) is 15.0. The van der Waals surface area contributed by atoms with Crippen molar-refractivity contribution in [2.75, 3.05) is 4.90 Å². The topological polar surface area (TPSA) is 92.6 Å². The third-order valence-electron chi connectivity index (χ3n) is 3.14. The van der Waals surface area contributed by atoms with Gasteiger partial charge < -0.3 is 20.3 Å². The lowest BCUT2D eigenvalue weighted by molar-refractivity contribution is -0.132. The quantitative estimate of drug-likeness (QED) is 0.856. The summed E-state index contributed by atoms with van der Waals surface area (Å²) < 4.78 is 17.9. The molecule has 1 aliphatic rings. The molecule has 25 heavy (non-hydrogen) atoms. The minimum absolute atomic E-state index is 0.179. The number of allylic oxidation sites excluding steroid dienone is 1. The van der Waals surface area contributed by atoms with Gasteiger partial charge in [-0.05, 0) is 37.2 Å². The van der Waals surface area contributed by atoms with E-state index in [1.54, 1.807) is 30.2 Å². The molecular weight excluding hydrogens is 345 g/mol. The van der Waals surface area contributed by atoms with Gasteiger partial charge in [0.25, 0.3) is 0 Å². The first-order valence-corrected chi connectivity index (χ1v) is 8.49. The van der Waals surface area contributed by atoms with Crippen molar-refractivity contribution in [3.05, 3.63) is 58.7 Å². The number of nitrogens with two attached hydrogens (primary N) is 1. The van der Waals surface area contributed by atoms with E-state index in [9.17, 15) is 14.3 Å². The molecule has 0 aliphatic carbocycles. The Morgan fingerprint density at radius 1 is 1.40 bits per heavy atom. The number of hydrogen-bond donors (Lipinski definition) is 2. The first-order chi connectivity index (χ1) is 11.8. The van der Waals surface area contributed by atoms with Crippen LogP contribution in [0.5, 0.6) is 0 Å². The van der Waals surface area contributed by atoms with Crippen LogP contribution in [0.1, 0.15) is 31.7 Å². The first kappa shape index (κ1) is 19.0. The largest absolute Gasteiger partial charge is 0.477 e. The number of nitrogens with zero attached hydrogens (tertiary/aromatic N) is 2. The third kappa shape index (κ3) is 4.61. The van der Waals surface area contributed by atoms with Crippen molar-refractivity contribution in [2.45, 2.75) is 32.2 Å². The Bertz CT molecular complexity index is 742. The van der Waals surface area contributed by atoms with Gasteiger partial charge in [0.2, 0.25) is 0 Å². The molecule has 0 saturated heterocycles. The Balaban J connectivity index is 0.000000511. The van der Waals surface area contributed by atoms with Gasteiger partial charge in [-0.15, -0.1) is 0 Å². The molecule has 8 heteroatoms. The molecule has 1 aliphatic heterocycles. The van der Waals surface area contributed by atoms with Gasteiger partial charge in [0, 0.05) is 16.2 Å². The number of aliphatic carboxylic acids is 1. The number of hydrogen-bond acceptors (Lipinski definition) is 6. The van der Waals surface area contributed by atoms with E-state index < -0.39 is 5.97 Å². The van der Waals surface area contributed by atoms with Crippen LogP contribution >= 0.6 is 11.8 Å². The Hall–Kier alpha value is -2.32. The number of carbonyl (C=O) groups is 1. The number of carboxylic acid groups (broad SMARTS) is 1. The lowest BCUT2D eigenvalue weighted by Crippen LogP contribution is -2.26. The van der Waals surface area contributed by atoms with Gasteiger partial charge in [-0.2, -0.15) is 0 Å². The normalized spacial score (nSPS) is 16.9. The maximum atomic E-state index is 13.1. The van der Waals surface area contributed by atoms with Crippen LogP contribution in [0, 0.1) is 5.82 Å². The maximum absolute atomic E-state index is 13.1. The molecule has 3 rings (SSSR count). The van der Waals surface area contributed by atoms with Crippen molar-refractivity contribution >= 4 is 23.4 Å². The second kappa shape index (κ2) is 8.17. The van der Waals surface area contributed by atoms with E-state index in [1.807, 2.05) is 13.8 Å². The SMILES string of the molecule is CC(C)N.CC1=C(C(=O)O)N(c2ccc(F)cc2)C(c2cnoc2)S1. The molecule has 0 spiro atoms. The van der Waals surface area contributed by atoms with Gasteiger partial charge >= 0.3 is 5.97 Å². The Morgan fingerprint density at radius 2 is 2.00 bits per heavy atom. The molecule has 0 saturated carbocycles. The zero-order valence-electron chi connectivity index (χ0n) is 14.1. The molecule has 1 aromatic heterocycles. The van der Waals surface area contributed by atoms with Crippen LogP contribution in [-0.2, 0) is 4.79 Å². The fraction of sp³-hybridized carbons (Fsp3) is 0.294. The maximum Gasteiger partial charge on any atom is 0.353 e.